The van der Waals surface area contributed by atoms with Crippen LogP contribution in [0, 0.1) is 28.6 Å². The maximum atomic E-state index is 4.50. The molecule has 0 aromatic heterocycles. The molecule has 104 valence electrons. The molecule has 2 heteroatoms. The number of thiol groups is 1. The van der Waals surface area contributed by atoms with E-state index in [0.717, 1.165) is 23.6 Å². The van der Waals surface area contributed by atoms with Gasteiger partial charge >= 0.3 is 0 Å². The van der Waals surface area contributed by atoms with Crippen molar-refractivity contribution in [2.24, 2.45) is 28.6 Å². The van der Waals surface area contributed by atoms with E-state index in [4.69, 9.17) is 0 Å². The van der Waals surface area contributed by atoms with Crippen molar-refractivity contribution in [1.82, 2.24) is 0 Å². The quantitative estimate of drug-likeness (QED) is 0.566. The molecule has 0 aromatic carbocycles. The minimum absolute atomic E-state index is 0.450. The molecule has 0 heterocycles. The normalized spacial score (nSPS) is 53.5. The molecular weight excluding hydrogens is 238 g/mol. The molecule has 3 aliphatic rings. The van der Waals surface area contributed by atoms with Gasteiger partial charge in [-0.25, -0.2) is 0 Å². The number of nitrogens with two attached hydrogens (primary N) is 1. The molecular formula is C16H30NS+. The summed E-state index contributed by atoms with van der Waals surface area (Å²) in [6, 6.07) is 0. The summed E-state index contributed by atoms with van der Waals surface area (Å²) in [5, 5.41) is 2.54. The maximum absolute atomic E-state index is 4.50. The van der Waals surface area contributed by atoms with Crippen molar-refractivity contribution in [3.63, 3.8) is 0 Å². The van der Waals surface area contributed by atoms with Crippen LogP contribution >= 0.6 is 12.6 Å². The van der Waals surface area contributed by atoms with Gasteiger partial charge in [-0.3, -0.25) is 0 Å². The Balaban J connectivity index is 1.95. The topological polar surface area (TPSA) is 16.6 Å². The summed E-state index contributed by atoms with van der Waals surface area (Å²) in [4.78, 5) is 0. The highest BCUT2D eigenvalue weighted by Gasteiger charge is 2.71. The van der Waals surface area contributed by atoms with Gasteiger partial charge in [-0.1, -0.05) is 20.8 Å². The van der Waals surface area contributed by atoms with Crippen molar-refractivity contribution in [2.45, 2.75) is 65.3 Å². The molecule has 0 aliphatic heterocycles. The molecule has 3 fully saturated rings. The van der Waals surface area contributed by atoms with Gasteiger partial charge < -0.3 is 5.32 Å². The highest BCUT2D eigenvalue weighted by atomic mass is 32.1. The molecule has 5 atom stereocenters. The summed E-state index contributed by atoms with van der Waals surface area (Å²) < 4.78 is 0. The molecule has 0 radical (unpaired) electrons. The summed E-state index contributed by atoms with van der Waals surface area (Å²) >= 11 is 4.50. The standard InChI is InChI=1S/C16H29NS/c1-14(2)11-6-9-15(3)7-5-8-16(4,17-10-18)13(15)12(11)14/h11-13,17-18H,5-10H2,1-4H3/p+1/t11-,12-,13+,15+,16+/m1/s1. The SMILES string of the molecule is CC1(C)[C@@H]2[C@H]1CC[C@]1(C)CCC[C@](C)([NH2+]CS)[C@@H]21. The highest BCUT2D eigenvalue weighted by molar-refractivity contribution is 7.79. The minimum Gasteiger partial charge on any atom is -0.333 e. The molecule has 0 bridgehead atoms. The predicted octanol–water partition coefficient (Wildman–Crippen LogP) is 3.07. The first-order valence-corrected chi connectivity index (χ1v) is 8.44. The number of rotatable bonds is 2. The lowest BCUT2D eigenvalue weighted by Gasteiger charge is -2.53. The van der Waals surface area contributed by atoms with Gasteiger partial charge in [0.25, 0.3) is 0 Å². The second kappa shape index (κ2) is 3.91. The molecule has 1 nitrogen and oxygen atoms in total. The Kier molecular flexibility index (Phi) is 2.89. The Hall–Kier alpha value is 0.310. The zero-order chi connectivity index (χ0) is 13.2. The highest BCUT2D eigenvalue weighted by Crippen LogP contribution is 2.73. The largest absolute Gasteiger partial charge is 0.333 e. The Morgan fingerprint density at radius 2 is 1.83 bits per heavy atom. The number of quaternary nitrogens is 1. The molecule has 0 unspecified atom stereocenters. The van der Waals surface area contributed by atoms with E-state index in [1.165, 1.54) is 32.1 Å². The molecule has 0 aromatic rings. The van der Waals surface area contributed by atoms with Crippen LogP contribution in [0.3, 0.4) is 0 Å². The summed E-state index contributed by atoms with van der Waals surface area (Å²) in [5.41, 5.74) is 1.68. The second-order valence-corrected chi connectivity index (χ2v) is 8.74. The zero-order valence-electron chi connectivity index (χ0n) is 12.5. The average Bonchev–Trinajstić information content (AvgIpc) is 2.80. The third-order valence-electron chi connectivity index (χ3n) is 7.01. The van der Waals surface area contributed by atoms with Gasteiger partial charge in [-0.2, -0.15) is 0 Å². The lowest BCUT2D eigenvalue weighted by Crippen LogP contribution is -2.98. The van der Waals surface area contributed by atoms with Gasteiger partial charge in [0.15, 0.2) is 0 Å². The summed E-state index contributed by atoms with van der Waals surface area (Å²) in [5.74, 6) is 3.86. The van der Waals surface area contributed by atoms with Crippen LogP contribution in [0.1, 0.15) is 59.8 Å². The van der Waals surface area contributed by atoms with Gasteiger partial charge in [-0.15, -0.1) is 12.6 Å². The van der Waals surface area contributed by atoms with Gasteiger partial charge in [0.05, 0.1) is 5.54 Å². The predicted molar refractivity (Wildman–Crippen MR) is 79.6 cm³/mol. The Labute approximate surface area is 118 Å². The first-order valence-electron chi connectivity index (χ1n) is 7.80. The number of hydrogen-bond acceptors (Lipinski definition) is 1. The van der Waals surface area contributed by atoms with Crippen LogP contribution in [-0.4, -0.2) is 11.4 Å². The molecule has 3 aliphatic carbocycles. The minimum atomic E-state index is 0.450. The molecule has 3 saturated carbocycles. The van der Waals surface area contributed by atoms with Crippen molar-refractivity contribution >= 4 is 12.6 Å². The van der Waals surface area contributed by atoms with Crippen LogP contribution in [0.5, 0.6) is 0 Å². The van der Waals surface area contributed by atoms with Crippen molar-refractivity contribution in [2.75, 3.05) is 5.88 Å². The second-order valence-electron chi connectivity index (χ2n) is 8.37. The van der Waals surface area contributed by atoms with Crippen molar-refractivity contribution in [3.8, 4) is 0 Å². The fourth-order valence-electron chi connectivity index (χ4n) is 6.03. The third kappa shape index (κ3) is 1.64. The molecule has 2 N–H and O–H groups in total. The van der Waals surface area contributed by atoms with Crippen molar-refractivity contribution in [3.05, 3.63) is 0 Å². The van der Waals surface area contributed by atoms with Gasteiger partial charge in [0.2, 0.25) is 0 Å². The van der Waals surface area contributed by atoms with Crippen molar-refractivity contribution in [1.29, 1.82) is 0 Å². The van der Waals surface area contributed by atoms with Crippen LogP contribution in [0.2, 0.25) is 0 Å². The van der Waals surface area contributed by atoms with E-state index in [0.29, 0.717) is 16.4 Å². The van der Waals surface area contributed by atoms with Gasteiger partial charge in [-0.05, 0) is 55.3 Å². The Bertz CT molecular complexity index is 349. The summed E-state index contributed by atoms with van der Waals surface area (Å²) in [6.07, 6.45) is 7.24. The first-order chi connectivity index (χ1) is 8.35. The zero-order valence-corrected chi connectivity index (χ0v) is 13.4. The van der Waals surface area contributed by atoms with Crippen LogP contribution < -0.4 is 5.32 Å². The number of fused-ring (bicyclic) bond motifs is 3. The average molecular weight is 268 g/mol. The van der Waals surface area contributed by atoms with E-state index in [1.54, 1.807) is 0 Å². The first kappa shape index (κ1) is 13.3. The van der Waals surface area contributed by atoms with E-state index in [2.05, 4.69) is 45.6 Å². The van der Waals surface area contributed by atoms with E-state index < -0.39 is 0 Å². The molecule has 0 saturated heterocycles. The number of hydrogen-bond donors (Lipinski definition) is 2. The lowest BCUT2D eigenvalue weighted by atomic mass is 9.53. The maximum Gasteiger partial charge on any atom is 0.120 e. The lowest BCUT2D eigenvalue weighted by molar-refractivity contribution is -0.723. The Morgan fingerprint density at radius 3 is 2.50 bits per heavy atom. The fraction of sp³-hybridized carbons (Fsp3) is 1.00. The van der Waals surface area contributed by atoms with Crippen molar-refractivity contribution < 1.29 is 5.32 Å². The van der Waals surface area contributed by atoms with Crippen LogP contribution in [0.25, 0.3) is 0 Å². The van der Waals surface area contributed by atoms with E-state index in [9.17, 15) is 0 Å². The molecule has 3 rings (SSSR count). The van der Waals surface area contributed by atoms with E-state index >= 15 is 0 Å². The molecule has 18 heavy (non-hydrogen) atoms. The van der Waals surface area contributed by atoms with Crippen LogP contribution in [-0.2, 0) is 0 Å². The van der Waals surface area contributed by atoms with E-state index in [1.807, 2.05) is 0 Å². The summed E-state index contributed by atoms with van der Waals surface area (Å²) in [7, 11) is 0. The van der Waals surface area contributed by atoms with Gasteiger partial charge in [0, 0.05) is 12.3 Å². The monoisotopic (exact) mass is 268 g/mol. The summed E-state index contributed by atoms with van der Waals surface area (Å²) in [6.45, 7) is 10.2. The van der Waals surface area contributed by atoms with Crippen LogP contribution in [0.15, 0.2) is 0 Å². The fourth-order valence-corrected chi connectivity index (χ4v) is 6.44. The van der Waals surface area contributed by atoms with Crippen LogP contribution in [0.4, 0.5) is 0 Å². The smallest absolute Gasteiger partial charge is 0.120 e. The van der Waals surface area contributed by atoms with E-state index in [-0.39, 0.29) is 0 Å². The van der Waals surface area contributed by atoms with Gasteiger partial charge in [0.1, 0.15) is 5.88 Å². The third-order valence-corrected chi connectivity index (χ3v) is 7.19. The molecule has 0 spiro atoms. The Morgan fingerprint density at radius 1 is 1.11 bits per heavy atom. The molecule has 0 amide bonds.